The van der Waals surface area contributed by atoms with Crippen LogP contribution in [0.15, 0.2) is 12.2 Å². The van der Waals surface area contributed by atoms with Gasteiger partial charge in [0.05, 0.1) is 0 Å². The van der Waals surface area contributed by atoms with Gasteiger partial charge in [-0.15, -0.1) is 0 Å². The molecule has 110 valence electrons. The van der Waals surface area contributed by atoms with E-state index in [1.807, 2.05) is 0 Å². The Morgan fingerprint density at radius 2 is 1.53 bits per heavy atom. The average Bonchev–Trinajstić information content (AvgIpc) is 2.40. The molecule has 0 radical (unpaired) electrons. The Balaban J connectivity index is 1.78. The van der Waals surface area contributed by atoms with Gasteiger partial charge in [0.15, 0.2) is 0 Å². The van der Waals surface area contributed by atoms with E-state index >= 15 is 0 Å². The van der Waals surface area contributed by atoms with E-state index in [0.29, 0.717) is 0 Å². The molecule has 0 aromatic rings. The summed E-state index contributed by atoms with van der Waals surface area (Å²) in [6, 6.07) is 0. The van der Waals surface area contributed by atoms with Crippen LogP contribution in [0.4, 0.5) is 0 Å². The molecule has 0 heterocycles. The van der Waals surface area contributed by atoms with Gasteiger partial charge in [-0.2, -0.15) is 0 Å². The third-order valence-corrected chi connectivity index (χ3v) is 5.76. The summed E-state index contributed by atoms with van der Waals surface area (Å²) in [5, 5.41) is 0. The molecule has 0 spiro atoms. The fourth-order valence-corrected chi connectivity index (χ4v) is 4.45. The molecular weight excluding hydrogens is 228 g/mol. The zero-order valence-electron chi connectivity index (χ0n) is 13.1. The average molecular weight is 262 g/mol. The Morgan fingerprint density at radius 3 is 2.26 bits per heavy atom. The molecule has 2 aliphatic rings. The lowest BCUT2D eigenvalue weighted by atomic mass is 9.70. The van der Waals surface area contributed by atoms with E-state index in [4.69, 9.17) is 0 Å². The number of hydrogen-bond donors (Lipinski definition) is 0. The molecule has 2 saturated carbocycles. The molecule has 0 amide bonds. The Kier molecular flexibility index (Phi) is 6.47. The highest BCUT2D eigenvalue weighted by molar-refractivity contribution is 5.01. The minimum absolute atomic E-state index is 0.861. The number of rotatable bonds is 5. The van der Waals surface area contributed by atoms with Crippen LogP contribution in [0.2, 0.25) is 0 Å². The van der Waals surface area contributed by atoms with Crippen LogP contribution < -0.4 is 0 Å². The Morgan fingerprint density at radius 1 is 0.842 bits per heavy atom. The van der Waals surface area contributed by atoms with Gasteiger partial charge in [0, 0.05) is 0 Å². The quantitative estimate of drug-likeness (QED) is 0.391. The van der Waals surface area contributed by atoms with Crippen molar-refractivity contribution in [3.05, 3.63) is 12.2 Å². The summed E-state index contributed by atoms with van der Waals surface area (Å²) in [5.74, 6) is 3.02. The predicted octanol–water partition coefficient (Wildman–Crippen LogP) is 6.51. The van der Waals surface area contributed by atoms with Crippen molar-refractivity contribution in [1.82, 2.24) is 0 Å². The van der Waals surface area contributed by atoms with E-state index in [-0.39, 0.29) is 0 Å². The van der Waals surface area contributed by atoms with Gasteiger partial charge >= 0.3 is 0 Å². The van der Waals surface area contributed by atoms with Gasteiger partial charge in [0.25, 0.3) is 0 Å². The highest BCUT2D eigenvalue weighted by Crippen LogP contribution is 2.41. The van der Waals surface area contributed by atoms with Gasteiger partial charge in [0.1, 0.15) is 0 Å². The molecule has 0 aromatic heterocycles. The number of unbranched alkanes of at least 4 members (excludes halogenated alkanes) is 2. The molecular formula is C19H34. The number of allylic oxidation sites excluding steroid dienone is 1. The van der Waals surface area contributed by atoms with Crippen LogP contribution in [-0.2, 0) is 0 Å². The zero-order chi connectivity index (χ0) is 13.5. The van der Waals surface area contributed by atoms with Crippen LogP contribution in [0.25, 0.3) is 0 Å². The minimum atomic E-state index is 0.861. The molecule has 2 aliphatic carbocycles. The predicted molar refractivity (Wildman–Crippen MR) is 85.3 cm³/mol. The first-order chi connectivity index (χ1) is 9.31. The summed E-state index contributed by atoms with van der Waals surface area (Å²) in [6.45, 7) is 6.72. The lowest BCUT2D eigenvalue weighted by Gasteiger charge is -2.35. The summed E-state index contributed by atoms with van der Waals surface area (Å²) in [7, 11) is 0. The summed E-state index contributed by atoms with van der Waals surface area (Å²) in [4.78, 5) is 0. The van der Waals surface area contributed by atoms with Gasteiger partial charge in [-0.3, -0.25) is 0 Å². The lowest BCUT2D eigenvalue weighted by Crippen LogP contribution is -2.23. The van der Waals surface area contributed by atoms with Gasteiger partial charge in [-0.05, 0) is 49.9 Å². The van der Waals surface area contributed by atoms with Gasteiger partial charge in [-0.1, -0.05) is 70.4 Å². The molecule has 0 saturated heterocycles. The van der Waals surface area contributed by atoms with E-state index in [0.717, 1.165) is 17.8 Å². The number of hydrogen-bond acceptors (Lipinski definition) is 0. The van der Waals surface area contributed by atoms with Crippen molar-refractivity contribution in [2.75, 3.05) is 0 Å². The van der Waals surface area contributed by atoms with Crippen LogP contribution in [0.1, 0.15) is 90.4 Å². The second-order valence-corrected chi connectivity index (χ2v) is 7.13. The molecule has 0 aliphatic heterocycles. The van der Waals surface area contributed by atoms with Crippen molar-refractivity contribution in [2.45, 2.75) is 90.4 Å². The van der Waals surface area contributed by atoms with Crippen LogP contribution in [0.5, 0.6) is 0 Å². The standard InChI is InChI=1S/C19H34/c1-3-4-5-9-16(2)17-12-8-13-18-10-6-7-11-19(18)15-14-17/h17-19H,2-15H2,1H3. The normalized spacial score (nSPS) is 32.2. The smallest absolute Gasteiger partial charge is 0.0206 e. The third-order valence-electron chi connectivity index (χ3n) is 5.76. The Hall–Kier alpha value is -0.260. The summed E-state index contributed by atoms with van der Waals surface area (Å²) in [6.07, 6.45) is 18.8. The number of fused-ring (bicyclic) bond motifs is 1. The summed E-state index contributed by atoms with van der Waals surface area (Å²) < 4.78 is 0. The second kappa shape index (κ2) is 8.12. The van der Waals surface area contributed by atoms with Crippen LogP contribution in [0, 0.1) is 17.8 Å². The van der Waals surface area contributed by atoms with Crippen molar-refractivity contribution >= 4 is 0 Å². The largest absolute Gasteiger partial charge is 0.0996 e. The highest BCUT2D eigenvalue weighted by atomic mass is 14.3. The van der Waals surface area contributed by atoms with Crippen molar-refractivity contribution in [1.29, 1.82) is 0 Å². The second-order valence-electron chi connectivity index (χ2n) is 7.13. The van der Waals surface area contributed by atoms with Crippen molar-refractivity contribution < 1.29 is 0 Å². The Labute approximate surface area is 121 Å². The molecule has 0 aromatic carbocycles. The fraction of sp³-hybridized carbons (Fsp3) is 0.895. The van der Waals surface area contributed by atoms with E-state index in [9.17, 15) is 0 Å². The lowest BCUT2D eigenvalue weighted by molar-refractivity contribution is 0.178. The van der Waals surface area contributed by atoms with E-state index in [1.165, 1.54) is 83.5 Å². The molecule has 3 unspecified atom stereocenters. The minimum Gasteiger partial charge on any atom is -0.0996 e. The Bertz CT molecular complexity index is 265. The fourth-order valence-electron chi connectivity index (χ4n) is 4.45. The topological polar surface area (TPSA) is 0 Å². The zero-order valence-corrected chi connectivity index (χ0v) is 13.1. The maximum atomic E-state index is 4.43. The molecule has 0 nitrogen and oxygen atoms in total. The molecule has 0 N–H and O–H groups in total. The van der Waals surface area contributed by atoms with E-state index < -0.39 is 0 Å². The molecule has 2 rings (SSSR count). The van der Waals surface area contributed by atoms with Gasteiger partial charge < -0.3 is 0 Å². The monoisotopic (exact) mass is 262 g/mol. The summed E-state index contributed by atoms with van der Waals surface area (Å²) >= 11 is 0. The van der Waals surface area contributed by atoms with E-state index in [2.05, 4.69) is 13.5 Å². The molecule has 0 bridgehead atoms. The van der Waals surface area contributed by atoms with Gasteiger partial charge in [0.2, 0.25) is 0 Å². The first-order valence-electron chi connectivity index (χ1n) is 8.99. The van der Waals surface area contributed by atoms with Crippen molar-refractivity contribution in [3.8, 4) is 0 Å². The SMILES string of the molecule is C=C(CCCCC)C1CCCC2CCCCC2CC1. The van der Waals surface area contributed by atoms with Crippen LogP contribution >= 0.6 is 0 Å². The van der Waals surface area contributed by atoms with E-state index in [1.54, 1.807) is 5.57 Å². The van der Waals surface area contributed by atoms with Crippen molar-refractivity contribution in [3.63, 3.8) is 0 Å². The first kappa shape index (κ1) is 15.1. The third kappa shape index (κ3) is 4.65. The highest BCUT2D eigenvalue weighted by Gasteiger charge is 2.28. The van der Waals surface area contributed by atoms with Crippen molar-refractivity contribution in [2.24, 2.45) is 17.8 Å². The molecule has 0 heteroatoms. The van der Waals surface area contributed by atoms with Gasteiger partial charge in [-0.25, -0.2) is 0 Å². The molecule has 19 heavy (non-hydrogen) atoms. The maximum Gasteiger partial charge on any atom is -0.0206 e. The summed E-state index contributed by atoms with van der Waals surface area (Å²) in [5.41, 5.74) is 1.59. The van der Waals surface area contributed by atoms with Crippen LogP contribution in [-0.4, -0.2) is 0 Å². The maximum absolute atomic E-state index is 4.43. The first-order valence-corrected chi connectivity index (χ1v) is 8.99. The van der Waals surface area contributed by atoms with Crippen LogP contribution in [0.3, 0.4) is 0 Å². The molecule has 3 atom stereocenters. The molecule has 2 fully saturated rings.